The Morgan fingerprint density at radius 3 is 2.67 bits per heavy atom. The SMILES string of the molecule is CCCC(C)CCC/C=C/C=O. The molecule has 1 atom stereocenters. The van der Waals surface area contributed by atoms with E-state index in [-0.39, 0.29) is 0 Å². The molecule has 0 amide bonds. The zero-order chi connectivity index (χ0) is 9.23. The van der Waals surface area contributed by atoms with Crippen LogP contribution in [0.1, 0.15) is 46.0 Å². The van der Waals surface area contributed by atoms with Gasteiger partial charge in [0.25, 0.3) is 0 Å². The lowest BCUT2D eigenvalue weighted by Gasteiger charge is -2.07. The molecule has 0 fully saturated rings. The minimum atomic E-state index is 0.843. The molecule has 1 nitrogen and oxygen atoms in total. The molecule has 0 bridgehead atoms. The third kappa shape index (κ3) is 7.52. The van der Waals surface area contributed by atoms with Crippen LogP contribution in [0.5, 0.6) is 0 Å². The van der Waals surface area contributed by atoms with E-state index in [9.17, 15) is 4.79 Å². The molecule has 0 aromatic rings. The van der Waals surface area contributed by atoms with Crippen LogP contribution in [0.4, 0.5) is 0 Å². The van der Waals surface area contributed by atoms with E-state index >= 15 is 0 Å². The molecule has 0 heterocycles. The van der Waals surface area contributed by atoms with Crippen LogP contribution < -0.4 is 0 Å². The topological polar surface area (TPSA) is 17.1 Å². The summed E-state index contributed by atoms with van der Waals surface area (Å²) in [4.78, 5) is 9.92. The maximum absolute atomic E-state index is 9.92. The van der Waals surface area contributed by atoms with Gasteiger partial charge in [0.05, 0.1) is 0 Å². The molecule has 0 radical (unpaired) electrons. The fourth-order valence-corrected chi connectivity index (χ4v) is 1.37. The molecule has 0 aromatic carbocycles. The van der Waals surface area contributed by atoms with Gasteiger partial charge in [0.2, 0.25) is 0 Å². The molecule has 0 rings (SSSR count). The average Bonchev–Trinajstić information content (AvgIpc) is 2.05. The lowest BCUT2D eigenvalue weighted by molar-refractivity contribution is -0.104. The quantitative estimate of drug-likeness (QED) is 0.324. The van der Waals surface area contributed by atoms with Crippen molar-refractivity contribution in [3.05, 3.63) is 12.2 Å². The Kier molecular flexibility index (Phi) is 8.09. The summed E-state index contributed by atoms with van der Waals surface area (Å²) in [6, 6.07) is 0. The highest BCUT2D eigenvalue weighted by molar-refractivity contribution is 5.64. The largest absolute Gasteiger partial charge is 0.299 e. The molecular formula is C11H20O. The van der Waals surface area contributed by atoms with Crippen molar-refractivity contribution in [1.29, 1.82) is 0 Å². The van der Waals surface area contributed by atoms with Gasteiger partial charge in [-0.15, -0.1) is 0 Å². The molecule has 0 N–H and O–H groups in total. The Bertz CT molecular complexity index is 127. The van der Waals surface area contributed by atoms with E-state index < -0.39 is 0 Å². The van der Waals surface area contributed by atoms with Crippen LogP contribution in [0.3, 0.4) is 0 Å². The second kappa shape index (κ2) is 8.51. The first kappa shape index (κ1) is 11.4. The number of allylic oxidation sites excluding steroid dienone is 2. The van der Waals surface area contributed by atoms with Gasteiger partial charge in [-0.05, 0) is 24.8 Å². The first-order valence-corrected chi connectivity index (χ1v) is 4.91. The lowest BCUT2D eigenvalue weighted by atomic mass is 9.99. The maximum atomic E-state index is 9.92. The minimum Gasteiger partial charge on any atom is -0.299 e. The molecule has 0 spiro atoms. The van der Waals surface area contributed by atoms with E-state index in [0.29, 0.717) is 0 Å². The first-order chi connectivity index (χ1) is 5.81. The predicted molar refractivity (Wildman–Crippen MR) is 53.1 cm³/mol. The van der Waals surface area contributed by atoms with Crippen LogP contribution in [0.2, 0.25) is 0 Å². The summed E-state index contributed by atoms with van der Waals surface area (Å²) in [7, 11) is 0. The molecule has 70 valence electrons. The van der Waals surface area contributed by atoms with Crippen molar-refractivity contribution >= 4 is 6.29 Å². The van der Waals surface area contributed by atoms with Crippen LogP contribution in [0, 0.1) is 5.92 Å². The second-order valence-corrected chi connectivity index (χ2v) is 3.39. The van der Waals surface area contributed by atoms with Crippen LogP contribution in [-0.2, 0) is 4.79 Å². The molecule has 0 aliphatic carbocycles. The molecular weight excluding hydrogens is 148 g/mol. The first-order valence-electron chi connectivity index (χ1n) is 4.91. The van der Waals surface area contributed by atoms with Gasteiger partial charge in [-0.3, -0.25) is 4.79 Å². The molecule has 1 heteroatoms. The smallest absolute Gasteiger partial charge is 0.142 e. The van der Waals surface area contributed by atoms with E-state index in [4.69, 9.17) is 0 Å². The highest BCUT2D eigenvalue weighted by atomic mass is 16.1. The second-order valence-electron chi connectivity index (χ2n) is 3.39. The van der Waals surface area contributed by atoms with Crippen molar-refractivity contribution in [3.8, 4) is 0 Å². The normalized spacial score (nSPS) is 13.5. The number of carbonyl (C=O) groups excluding carboxylic acids is 1. The van der Waals surface area contributed by atoms with Crippen molar-refractivity contribution in [2.24, 2.45) is 5.92 Å². The summed E-state index contributed by atoms with van der Waals surface area (Å²) >= 11 is 0. The Morgan fingerprint density at radius 1 is 1.33 bits per heavy atom. The summed E-state index contributed by atoms with van der Waals surface area (Å²) in [5.74, 6) is 0.847. The number of carbonyl (C=O) groups is 1. The van der Waals surface area contributed by atoms with E-state index in [0.717, 1.165) is 18.6 Å². The van der Waals surface area contributed by atoms with Crippen molar-refractivity contribution in [2.75, 3.05) is 0 Å². The van der Waals surface area contributed by atoms with Gasteiger partial charge in [-0.25, -0.2) is 0 Å². The minimum absolute atomic E-state index is 0.843. The number of hydrogen-bond acceptors (Lipinski definition) is 1. The van der Waals surface area contributed by atoms with Gasteiger partial charge in [-0.1, -0.05) is 39.2 Å². The Labute approximate surface area is 75.9 Å². The van der Waals surface area contributed by atoms with E-state index in [1.807, 2.05) is 6.08 Å². The summed E-state index contributed by atoms with van der Waals surface area (Å²) in [6.07, 6.45) is 10.5. The highest BCUT2D eigenvalue weighted by Gasteiger charge is 1.98. The van der Waals surface area contributed by atoms with Gasteiger partial charge in [-0.2, -0.15) is 0 Å². The molecule has 0 saturated heterocycles. The molecule has 0 aromatic heterocycles. The number of rotatable bonds is 7. The third-order valence-corrected chi connectivity index (χ3v) is 2.06. The van der Waals surface area contributed by atoms with Crippen LogP contribution in [-0.4, -0.2) is 6.29 Å². The summed E-state index contributed by atoms with van der Waals surface area (Å²) in [5, 5.41) is 0. The average molecular weight is 168 g/mol. The maximum Gasteiger partial charge on any atom is 0.142 e. The van der Waals surface area contributed by atoms with E-state index in [1.54, 1.807) is 6.08 Å². The predicted octanol–water partition coefficient (Wildman–Crippen LogP) is 3.35. The number of unbranched alkanes of at least 4 members (excludes halogenated alkanes) is 1. The van der Waals surface area contributed by atoms with Crippen molar-refractivity contribution in [3.63, 3.8) is 0 Å². The molecule has 0 aliphatic rings. The lowest BCUT2D eigenvalue weighted by Crippen LogP contribution is -1.92. The number of aldehydes is 1. The Hall–Kier alpha value is -0.590. The monoisotopic (exact) mass is 168 g/mol. The summed E-state index contributed by atoms with van der Waals surface area (Å²) < 4.78 is 0. The van der Waals surface area contributed by atoms with Crippen molar-refractivity contribution in [2.45, 2.75) is 46.0 Å². The standard InChI is InChI=1S/C11H20O/c1-3-8-11(2)9-6-4-5-7-10-12/h5,7,10-11H,3-4,6,8-9H2,1-2H3/b7-5+. The fourth-order valence-electron chi connectivity index (χ4n) is 1.37. The van der Waals surface area contributed by atoms with Gasteiger partial charge in [0.1, 0.15) is 6.29 Å². The zero-order valence-corrected chi connectivity index (χ0v) is 8.25. The molecule has 1 unspecified atom stereocenters. The number of hydrogen-bond donors (Lipinski definition) is 0. The van der Waals surface area contributed by atoms with Crippen molar-refractivity contribution in [1.82, 2.24) is 0 Å². The van der Waals surface area contributed by atoms with Gasteiger partial charge in [0.15, 0.2) is 0 Å². The van der Waals surface area contributed by atoms with Crippen molar-refractivity contribution < 1.29 is 4.79 Å². The molecule has 12 heavy (non-hydrogen) atoms. The van der Waals surface area contributed by atoms with Crippen LogP contribution >= 0.6 is 0 Å². The van der Waals surface area contributed by atoms with Crippen LogP contribution in [0.25, 0.3) is 0 Å². The highest BCUT2D eigenvalue weighted by Crippen LogP contribution is 2.13. The van der Waals surface area contributed by atoms with Gasteiger partial charge < -0.3 is 0 Å². The van der Waals surface area contributed by atoms with Crippen LogP contribution in [0.15, 0.2) is 12.2 Å². The van der Waals surface area contributed by atoms with E-state index in [1.165, 1.54) is 25.7 Å². The Balaban J connectivity index is 3.18. The third-order valence-electron chi connectivity index (χ3n) is 2.06. The fraction of sp³-hybridized carbons (Fsp3) is 0.727. The van der Waals surface area contributed by atoms with Gasteiger partial charge in [0, 0.05) is 0 Å². The molecule has 0 aliphatic heterocycles. The summed E-state index contributed by atoms with van der Waals surface area (Å²) in [6.45, 7) is 4.52. The zero-order valence-electron chi connectivity index (χ0n) is 8.25. The Morgan fingerprint density at radius 2 is 2.08 bits per heavy atom. The summed E-state index contributed by atoms with van der Waals surface area (Å²) in [5.41, 5.74) is 0. The molecule has 0 saturated carbocycles. The van der Waals surface area contributed by atoms with E-state index in [2.05, 4.69) is 13.8 Å². The van der Waals surface area contributed by atoms with Gasteiger partial charge >= 0.3 is 0 Å².